The number of rotatable bonds is 8. The molecule has 1 fully saturated rings. The summed E-state index contributed by atoms with van der Waals surface area (Å²) in [5, 5.41) is 13.1. The fourth-order valence-corrected chi connectivity index (χ4v) is 4.84. The van der Waals surface area contributed by atoms with Crippen LogP contribution in [-0.2, 0) is 9.59 Å². The molecule has 2 aromatic carbocycles. The number of methoxy groups -OCH3 is 1. The number of anilines is 1. The van der Waals surface area contributed by atoms with E-state index in [1.54, 1.807) is 18.2 Å². The maximum absolute atomic E-state index is 12.9. The third kappa shape index (κ3) is 6.24. The lowest BCUT2D eigenvalue weighted by Crippen LogP contribution is -2.36. The highest BCUT2D eigenvalue weighted by molar-refractivity contribution is 8.18. The summed E-state index contributed by atoms with van der Waals surface area (Å²) in [7, 11) is 1.43. The van der Waals surface area contributed by atoms with Crippen molar-refractivity contribution in [1.29, 1.82) is 0 Å². The van der Waals surface area contributed by atoms with Gasteiger partial charge in [-0.05, 0) is 67.4 Å². The molecule has 3 aromatic rings. The van der Waals surface area contributed by atoms with Crippen LogP contribution in [0.1, 0.15) is 22.3 Å². The van der Waals surface area contributed by atoms with Gasteiger partial charge in [-0.3, -0.25) is 29.4 Å². The van der Waals surface area contributed by atoms with Crippen molar-refractivity contribution in [3.8, 4) is 17.4 Å². The van der Waals surface area contributed by atoms with E-state index < -0.39 is 28.5 Å². The van der Waals surface area contributed by atoms with Crippen molar-refractivity contribution in [3.63, 3.8) is 0 Å². The SMILES string of the molecule is COc1cc(/C=C2/SC(=O)N(CC(=O)Nc3c(C)cc(C)cc3C)C2=O)ccc1Oc1ccc([N+](=O)[O-])cn1. The zero-order chi connectivity index (χ0) is 28.3. The van der Waals surface area contributed by atoms with E-state index in [1.165, 1.54) is 25.3 Å². The Kier molecular flexibility index (Phi) is 7.96. The van der Waals surface area contributed by atoms with Crippen LogP contribution >= 0.6 is 11.8 Å². The number of nitrogens with zero attached hydrogens (tertiary/aromatic N) is 3. The van der Waals surface area contributed by atoms with Gasteiger partial charge in [-0.25, -0.2) is 4.98 Å². The predicted molar refractivity (Wildman–Crippen MR) is 146 cm³/mol. The van der Waals surface area contributed by atoms with Gasteiger partial charge in [-0.15, -0.1) is 0 Å². The molecule has 0 saturated carbocycles. The van der Waals surface area contributed by atoms with E-state index in [0.717, 1.165) is 39.5 Å². The molecule has 11 nitrogen and oxygen atoms in total. The average Bonchev–Trinajstić information content (AvgIpc) is 3.14. The van der Waals surface area contributed by atoms with Crippen molar-refractivity contribution in [2.24, 2.45) is 0 Å². The van der Waals surface area contributed by atoms with Crippen molar-refractivity contribution < 1.29 is 28.8 Å². The quantitative estimate of drug-likeness (QED) is 0.223. The first-order valence-corrected chi connectivity index (χ1v) is 12.5. The topological polar surface area (TPSA) is 141 Å². The first-order valence-electron chi connectivity index (χ1n) is 11.6. The standard InChI is InChI=1S/C27H24N4O7S/c1-15-9-16(2)25(17(3)10-15)29-23(32)14-30-26(33)22(39-27(30)34)12-18-5-7-20(21(11-18)37-4)38-24-8-6-19(13-28-24)31(35)36/h5-13H,14H2,1-4H3,(H,29,32)/b22-12+. The second-order valence-electron chi connectivity index (χ2n) is 8.71. The van der Waals surface area contributed by atoms with E-state index in [2.05, 4.69) is 10.3 Å². The third-order valence-corrected chi connectivity index (χ3v) is 6.66. The van der Waals surface area contributed by atoms with Crippen LogP contribution in [-0.4, -0.2) is 45.5 Å². The fourth-order valence-electron chi connectivity index (χ4n) is 4.00. The van der Waals surface area contributed by atoms with Crippen LogP contribution in [0, 0.1) is 30.9 Å². The molecule has 0 bridgehead atoms. The molecule has 39 heavy (non-hydrogen) atoms. The number of amides is 3. The maximum atomic E-state index is 12.9. The monoisotopic (exact) mass is 548 g/mol. The minimum absolute atomic E-state index is 0.127. The van der Waals surface area contributed by atoms with Gasteiger partial charge in [0.15, 0.2) is 11.5 Å². The molecule has 1 saturated heterocycles. The normalized spacial score (nSPS) is 14.1. The zero-order valence-electron chi connectivity index (χ0n) is 21.5. The number of benzene rings is 2. The third-order valence-electron chi connectivity index (χ3n) is 5.75. The van der Waals surface area contributed by atoms with Crippen LogP contribution in [0.5, 0.6) is 17.4 Å². The summed E-state index contributed by atoms with van der Waals surface area (Å²) in [6, 6.07) is 11.3. The molecular weight excluding hydrogens is 524 g/mol. The highest BCUT2D eigenvalue weighted by Crippen LogP contribution is 2.36. The van der Waals surface area contributed by atoms with Gasteiger partial charge in [0.2, 0.25) is 11.8 Å². The number of ether oxygens (including phenoxy) is 2. The molecule has 0 unspecified atom stereocenters. The van der Waals surface area contributed by atoms with Crippen LogP contribution in [0.15, 0.2) is 53.6 Å². The van der Waals surface area contributed by atoms with Crippen LogP contribution in [0.3, 0.4) is 0 Å². The summed E-state index contributed by atoms with van der Waals surface area (Å²) in [5.41, 5.74) is 3.89. The summed E-state index contributed by atoms with van der Waals surface area (Å²) in [6.07, 6.45) is 2.60. The smallest absolute Gasteiger partial charge is 0.294 e. The summed E-state index contributed by atoms with van der Waals surface area (Å²) < 4.78 is 11.1. The number of hydrogen-bond donors (Lipinski definition) is 1. The molecule has 1 aromatic heterocycles. The number of thioether (sulfide) groups is 1. The van der Waals surface area contributed by atoms with Gasteiger partial charge in [-0.2, -0.15) is 0 Å². The van der Waals surface area contributed by atoms with Gasteiger partial charge in [0, 0.05) is 17.8 Å². The van der Waals surface area contributed by atoms with Crippen molar-refractivity contribution in [2.45, 2.75) is 20.8 Å². The molecule has 200 valence electrons. The van der Waals surface area contributed by atoms with Crippen LogP contribution in [0.4, 0.5) is 16.2 Å². The molecule has 3 amide bonds. The number of nitro groups is 1. The first-order chi connectivity index (χ1) is 18.5. The summed E-state index contributed by atoms with van der Waals surface area (Å²) in [6.45, 7) is 5.31. The van der Waals surface area contributed by atoms with E-state index in [9.17, 15) is 24.5 Å². The molecule has 12 heteroatoms. The van der Waals surface area contributed by atoms with E-state index in [0.29, 0.717) is 22.7 Å². The summed E-state index contributed by atoms with van der Waals surface area (Å²) in [5.74, 6) is -0.320. The van der Waals surface area contributed by atoms with Gasteiger partial charge in [-0.1, -0.05) is 23.8 Å². The van der Waals surface area contributed by atoms with Gasteiger partial charge in [0.25, 0.3) is 16.8 Å². The zero-order valence-corrected chi connectivity index (χ0v) is 22.3. The Bertz CT molecular complexity index is 1500. The van der Waals surface area contributed by atoms with Crippen LogP contribution < -0.4 is 14.8 Å². The number of nitrogens with one attached hydrogen (secondary N) is 1. The molecule has 0 atom stereocenters. The number of imide groups is 1. The van der Waals surface area contributed by atoms with Crippen LogP contribution in [0.25, 0.3) is 6.08 Å². The number of pyridine rings is 1. The molecule has 0 aliphatic carbocycles. The fraction of sp³-hybridized carbons (Fsp3) is 0.185. The van der Waals surface area contributed by atoms with Crippen molar-refractivity contribution in [1.82, 2.24) is 9.88 Å². The van der Waals surface area contributed by atoms with E-state index >= 15 is 0 Å². The highest BCUT2D eigenvalue weighted by Gasteiger charge is 2.36. The van der Waals surface area contributed by atoms with E-state index in [-0.39, 0.29) is 16.5 Å². The minimum atomic E-state index is -0.577. The second-order valence-corrected chi connectivity index (χ2v) is 9.71. The Balaban J connectivity index is 1.46. The lowest BCUT2D eigenvalue weighted by molar-refractivity contribution is -0.385. The highest BCUT2D eigenvalue weighted by atomic mass is 32.2. The molecule has 2 heterocycles. The molecule has 0 radical (unpaired) electrons. The Labute approximate surface area is 228 Å². The van der Waals surface area contributed by atoms with E-state index in [1.807, 2.05) is 32.9 Å². The van der Waals surface area contributed by atoms with Gasteiger partial charge < -0.3 is 14.8 Å². The summed E-state index contributed by atoms with van der Waals surface area (Å²) in [4.78, 5) is 53.4. The number of hydrogen-bond acceptors (Lipinski definition) is 9. The maximum Gasteiger partial charge on any atom is 0.294 e. The second kappa shape index (κ2) is 11.4. The molecule has 1 aliphatic rings. The molecule has 0 spiro atoms. The number of aromatic nitrogens is 1. The predicted octanol–water partition coefficient (Wildman–Crippen LogP) is 5.39. The van der Waals surface area contributed by atoms with Gasteiger partial charge in [0.05, 0.1) is 16.9 Å². The molecular formula is C27H24N4O7S. The Morgan fingerprint density at radius 1 is 1.10 bits per heavy atom. The number of carbonyl (C=O) groups excluding carboxylic acids is 3. The summed E-state index contributed by atoms with van der Waals surface area (Å²) >= 11 is 0.739. The van der Waals surface area contributed by atoms with E-state index in [4.69, 9.17) is 9.47 Å². The lowest BCUT2D eigenvalue weighted by atomic mass is 10.1. The van der Waals surface area contributed by atoms with Gasteiger partial charge >= 0.3 is 0 Å². The average molecular weight is 549 g/mol. The number of carbonyl (C=O) groups is 3. The van der Waals surface area contributed by atoms with Gasteiger partial charge in [0.1, 0.15) is 12.7 Å². The molecule has 1 N–H and O–H groups in total. The van der Waals surface area contributed by atoms with Crippen molar-refractivity contribution >= 4 is 46.3 Å². The van der Waals surface area contributed by atoms with Crippen molar-refractivity contribution in [2.75, 3.05) is 19.0 Å². The first kappa shape index (κ1) is 27.3. The van der Waals surface area contributed by atoms with Crippen LogP contribution in [0.2, 0.25) is 0 Å². The van der Waals surface area contributed by atoms with Crippen molar-refractivity contribution in [3.05, 3.63) is 85.9 Å². The molecule has 1 aliphatic heterocycles. The minimum Gasteiger partial charge on any atom is -0.493 e. The Hall–Kier alpha value is -4.71. The molecule has 4 rings (SSSR count). The Morgan fingerprint density at radius 2 is 1.82 bits per heavy atom. The Morgan fingerprint density at radius 3 is 2.44 bits per heavy atom. The number of aryl methyl sites for hydroxylation is 3. The largest absolute Gasteiger partial charge is 0.493 e. The lowest BCUT2D eigenvalue weighted by Gasteiger charge is -2.16.